The second-order valence-corrected chi connectivity index (χ2v) is 8.77. The van der Waals surface area contributed by atoms with E-state index >= 15 is 0 Å². The van der Waals surface area contributed by atoms with Gasteiger partial charge in [-0.25, -0.2) is 9.37 Å². The van der Waals surface area contributed by atoms with Crippen LogP contribution in [0.2, 0.25) is 5.02 Å². The highest BCUT2D eigenvalue weighted by molar-refractivity contribution is 6.30. The summed E-state index contributed by atoms with van der Waals surface area (Å²) in [5.41, 5.74) is 3.28. The molecule has 1 fully saturated rings. The van der Waals surface area contributed by atoms with Crippen LogP contribution in [0.25, 0.3) is 22.2 Å². The molecule has 6 nitrogen and oxygen atoms in total. The maximum Gasteiger partial charge on any atom is 0.257 e. The van der Waals surface area contributed by atoms with E-state index in [1.54, 1.807) is 30.6 Å². The van der Waals surface area contributed by atoms with Crippen molar-refractivity contribution in [1.82, 2.24) is 19.8 Å². The predicted molar refractivity (Wildman–Crippen MR) is 133 cm³/mol. The molecule has 8 heteroatoms. The van der Waals surface area contributed by atoms with Gasteiger partial charge < -0.3 is 15.1 Å². The number of piperazine rings is 1. The van der Waals surface area contributed by atoms with Gasteiger partial charge in [-0.2, -0.15) is 0 Å². The number of hydrogen-bond acceptors (Lipinski definition) is 5. The summed E-state index contributed by atoms with van der Waals surface area (Å²) >= 11 is 6.13. The largest absolute Gasteiger partial charge is 0.354 e. The second-order valence-electron chi connectivity index (χ2n) is 8.34. The molecule has 1 amide bonds. The van der Waals surface area contributed by atoms with Crippen LogP contribution in [0.15, 0.2) is 67.0 Å². The van der Waals surface area contributed by atoms with Crippen LogP contribution in [0.4, 0.5) is 15.8 Å². The number of carbonyl (C=O) groups is 1. The van der Waals surface area contributed by atoms with Gasteiger partial charge in [0.2, 0.25) is 0 Å². The number of nitrogens with zero attached hydrogens (tertiary/aromatic N) is 4. The maximum absolute atomic E-state index is 14.6. The topological polar surface area (TPSA) is 61.4 Å². The number of nitrogens with one attached hydrogen (secondary N) is 1. The molecule has 3 heterocycles. The molecule has 1 saturated heterocycles. The number of aromatic nitrogens is 2. The number of rotatable bonds is 4. The quantitative estimate of drug-likeness (QED) is 0.438. The van der Waals surface area contributed by atoms with E-state index in [9.17, 15) is 9.18 Å². The molecule has 2 aromatic heterocycles. The van der Waals surface area contributed by atoms with Gasteiger partial charge in [-0.05, 0) is 43.4 Å². The summed E-state index contributed by atoms with van der Waals surface area (Å²) in [6.45, 7) is 3.00. The fraction of sp³-hybridized carbons (Fsp3) is 0.192. The highest BCUT2D eigenvalue weighted by Crippen LogP contribution is 2.33. The van der Waals surface area contributed by atoms with Gasteiger partial charge in [-0.15, -0.1) is 0 Å². The Balaban J connectivity index is 1.56. The van der Waals surface area contributed by atoms with Gasteiger partial charge in [0, 0.05) is 54.5 Å². The third-order valence-corrected chi connectivity index (χ3v) is 6.27. The normalized spacial score (nSPS) is 14.4. The molecule has 5 rings (SSSR count). The summed E-state index contributed by atoms with van der Waals surface area (Å²) in [5, 5.41) is 4.67. The Morgan fingerprint density at radius 1 is 1.03 bits per heavy atom. The SMILES string of the molecule is CN1CCN(C(=O)c2cnccc2Nc2cc(-c3cc(Cl)ccc3F)nc3ccccc23)CC1. The first-order chi connectivity index (χ1) is 16.5. The average Bonchev–Trinajstić information content (AvgIpc) is 2.86. The minimum absolute atomic E-state index is 0.0665. The molecule has 0 unspecified atom stereocenters. The Morgan fingerprint density at radius 3 is 2.65 bits per heavy atom. The number of para-hydroxylation sites is 1. The van der Waals surface area contributed by atoms with Crippen molar-refractivity contribution in [1.29, 1.82) is 0 Å². The molecule has 0 atom stereocenters. The summed E-state index contributed by atoms with van der Waals surface area (Å²) < 4.78 is 14.6. The molecule has 172 valence electrons. The van der Waals surface area contributed by atoms with E-state index in [0.29, 0.717) is 51.8 Å². The van der Waals surface area contributed by atoms with Crippen LogP contribution >= 0.6 is 11.6 Å². The zero-order chi connectivity index (χ0) is 23.7. The molecule has 1 aliphatic heterocycles. The number of pyridine rings is 2. The maximum atomic E-state index is 14.6. The van der Waals surface area contributed by atoms with E-state index in [1.807, 2.05) is 36.2 Å². The zero-order valence-electron chi connectivity index (χ0n) is 18.6. The van der Waals surface area contributed by atoms with Gasteiger partial charge in [-0.1, -0.05) is 29.8 Å². The van der Waals surface area contributed by atoms with Gasteiger partial charge >= 0.3 is 0 Å². The summed E-state index contributed by atoms with van der Waals surface area (Å²) in [5.74, 6) is -0.476. The van der Waals surface area contributed by atoms with E-state index in [4.69, 9.17) is 11.6 Å². The van der Waals surface area contributed by atoms with Crippen LogP contribution < -0.4 is 5.32 Å². The standard InChI is InChI=1S/C26H23ClFN5O/c1-32-10-12-33(13-11-32)26(34)20-16-29-9-8-23(20)31-24-15-25(19-14-17(27)6-7-21(19)28)30-22-5-3-2-4-18(22)24/h2-9,14-16H,10-13H2,1H3,(H,29,30,31). The number of hydrogen-bond donors (Lipinski definition) is 1. The molecule has 2 aromatic carbocycles. The fourth-order valence-electron chi connectivity index (χ4n) is 4.11. The van der Waals surface area contributed by atoms with Gasteiger partial charge in [0.15, 0.2) is 0 Å². The number of benzene rings is 2. The molecule has 34 heavy (non-hydrogen) atoms. The minimum Gasteiger partial charge on any atom is -0.354 e. The van der Waals surface area contributed by atoms with Crippen molar-refractivity contribution in [3.63, 3.8) is 0 Å². The van der Waals surface area contributed by atoms with Crippen LogP contribution in [0, 0.1) is 5.82 Å². The number of fused-ring (bicyclic) bond motifs is 1. The van der Waals surface area contributed by atoms with Crippen molar-refractivity contribution >= 4 is 39.8 Å². The lowest BCUT2D eigenvalue weighted by Gasteiger charge is -2.32. The van der Waals surface area contributed by atoms with Crippen LogP contribution in [-0.4, -0.2) is 58.9 Å². The second kappa shape index (κ2) is 9.37. The lowest BCUT2D eigenvalue weighted by Crippen LogP contribution is -2.47. The van der Waals surface area contributed by atoms with E-state index in [1.165, 1.54) is 12.1 Å². The zero-order valence-corrected chi connectivity index (χ0v) is 19.4. The van der Waals surface area contributed by atoms with Crippen molar-refractivity contribution in [3.8, 4) is 11.3 Å². The van der Waals surface area contributed by atoms with Crippen molar-refractivity contribution in [3.05, 3.63) is 83.4 Å². The van der Waals surface area contributed by atoms with E-state index in [0.717, 1.165) is 18.5 Å². The smallest absolute Gasteiger partial charge is 0.257 e. The Labute approximate surface area is 202 Å². The van der Waals surface area contributed by atoms with Crippen molar-refractivity contribution < 1.29 is 9.18 Å². The van der Waals surface area contributed by atoms with Crippen LogP contribution in [-0.2, 0) is 0 Å². The molecule has 1 N–H and O–H groups in total. The fourth-order valence-corrected chi connectivity index (χ4v) is 4.28. The first kappa shape index (κ1) is 22.3. The van der Waals surface area contributed by atoms with Gasteiger partial charge in [0.25, 0.3) is 5.91 Å². The van der Waals surface area contributed by atoms with Crippen LogP contribution in [0.1, 0.15) is 10.4 Å². The number of halogens is 2. The van der Waals surface area contributed by atoms with E-state index in [2.05, 4.69) is 20.2 Å². The first-order valence-electron chi connectivity index (χ1n) is 11.0. The Bertz CT molecular complexity index is 1370. The minimum atomic E-state index is -0.409. The highest BCUT2D eigenvalue weighted by atomic mass is 35.5. The third kappa shape index (κ3) is 4.44. The molecule has 1 aliphatic rings. The lowest BCUT2D eigenvalue weighted by molar-refractivity contribution is 0.0664. The van der Waals surface area contributed by atoms with E-state index in [-0.39, 0.29) is 5.91 Å². The molecule has 0 bridgehead atoms. The molecular weight excluding hydrogens is 453 g/mol. The van der Waals surface area contributed by atoms with Crippen LogP contribution in [0.5, 0.6) is 0 Å². The number of anilines is 2. The van der Waals surface area contributed by atoms with Gasteiger partial charge in [0.05, 0.1) is 28.1 Å². The van der Waals surface area contributed by atoms with Gasteiger partial charge in [-0.3, -0.25) is 9.78 Å². The number of carbonyl (C=O) groups excluding carboxylic acids is 1. The Morgan fingerprint density at radius 2 is 1.82 bits per heavy atom. The molecule has 4 aromatic rings. The van der Waals surface area contributed by atoms with Crippen molar-refractivity contribution in [2.75, 3.05) is 38.5 Å². The predicted octanol–water partition coefficient (Wildman–Crippen LogP) is 5.22. The molecule has 0 radical (unpaired) electrons. The van der Waals surface area contributed by atoms with Gasteiger partial charge in [0.1, 0.15) is 5.82 Å². The molecule has 0 spiro atoms. The summed E-state index contributed by atoms with van der Waals surface area (Å²) in [6, 6.07) is 15.6. The summed E-state index contributed by atoms with van der Waals surface area (Å²) in [6.07, 6.45) is 3.23. The van der Waals surface area contributed by atoms with E-state index < -0.39 is 5.82 Å². The molecule has 0 aliphatic carbocycles. The van der Waals surface area contributed by atoms with Crippen molar-refractivity contribution in [2.24, 2.45) is 0 Å². The molecule has 0 saturated carbocycles. The first-order valence-corrected chi connectivity index (χ1v) is 11.4. The summed E-state index contributed by atoms with van der Waals surface area (Å²) in [4.78, 5) is 26.2. The Kier molecular flexibility index (Phi) is 6.13. The monoisotopic (exact) mass is 475 g/mol. The molecular formula is C26H23ClFN5O. The van der Waals surface area contributed by atoms with Crippen LogP contribution in [0.3, 0.4) is 0 Å². The number of amides is 1. The Hall–Kier alpha value is -3.55. The average molecular weight is 476 g/mol. The lowest BCUT2D eigenvalue weighted by atomic mass is 10.1. The number of likely N-dealkylation sites (N-methyl/N-ethyl adjacent to an activating group) is 1. The summed E-state index contributed by atoms with van der Waals surface area (Å²) in [7, 11) is 2.05. The highest BCUT2D eigenvalue weighted by Gasteiger charge is 2.23. The third-order valence-electron chi connectivity index (χ3n) is 6.03. The van der Waals surface area contributed by atoms with Crippen molar-refractivity contribution in [2.45, 2.75) is 0 Å².